The van der Waals surface area contributed by atoms with E-state index in [2.05, 4.69) is 0 Å². The smallest absolute Gasteiger partial charge is 0.410 e. The highest BCUT2D eigenvalue weighted by Gasteiger charge is 2.62. The molecular weight excluding hydrogens is 370 g/mol. The van der Waals surface area contributed by atoms with Crippen LogP contribution in [0.2, 0.25) is 0 Å². The van der Waals surface area contributed by atoms with E-state index in [1.165, 1.54) is 4.90 Å². The Bertz CT molecular complexity index is 898. The van der Waals surface area contributed by atoms with Gasteiger partial charge >= 0.3 is 12.1 Å². The van der Waals surface area contributed by atoms with Crippen LogP contribution in [0.25, 0.3) is 0 Å². The zero-order chi connectivity index (χ0) is 20.3. The minimum absolute atomic E-state index is 0.0255. The van der Waals surface area contributed by atoms with E-state index in [0.717, 1.165) is 11.1 Å². The molecule has 1 saturated carbocycles. The van der Waals surface area contributed by atoms with E-state index < -0.39 is 17.5 Å². The molecule has 150 valence electrons. The first-order valence-corrected chi connectivity index (χ1v) is 9.79. The van der Waals surface area contributed by atoms with Gasteiger partial charge in [-0.25, -0.2) is 4.79 Å². The van der Waals surface area contributed by atoms with Crippen molar-refractivity contribution in [3.63, 3.8) is 0 Å². The summed E-state index contributed by atoms with van der Waals surface area (Å²) >= 11 is 0. The van der Waals surface area contributed by atoms with Crippen LogP contribution >= 0.6 is 0 Å². The molecule has 0 spiro atoms. The summed E-state index contributed by atoms with van der Waals surface area (Å²) in [6.07, 6.45) is 0.422. The second-order valence-electron chi connectivity index (χ2n) is 7.61. The molecule has 6 heteroatoms. The van der Waals surface area contributed by atoms with Gasteiger partial charge in [-0.15, -0.1) is 0 Å². The van der Waals surface area contributed by atoms with Crippen molar-refractivity contribution in [2.45, 2.75) is 26.1 Å². The van der Waals surface area contributed by atoms with Crippen molar-refractivity contribution in [2.24, 2.45) is 11.3 Å². The minimum atomic E-state index is -1.26. The Hall–Kier alpha value is -3.15. The number of nitrogens with zero attached hydrogens (tertiary/aromatic N) is 1. The number of ketones is 1. The fourth-order valence-corrected chi connectivity index (χ4v) is 4.25. The van der Waals surface area contributed by atoms with Gasteiger partial charge in [0.15, 0.2) is 5.78 Å². The maximum atomic E-state index is 13.0. The summed E-state index contributed by atoms with van der Waals surface area (Å²) in [4.78, 5) is 39.7. The Kier molecular flexibility index (Phi) is 5.34. The molecule has 2 aromatic carbocycles. The van der Waals surface area contributed by atoms with Crippen molar-refractivity contribution in [3.8, 4) is 0 Å². The van der Waals surface area contributed by atoms with Gasteiger partial charge in [-0.05, 0) is 17.5 Å². The molecule has 2 atom stereocenters. The normalized spacial score (nSPS) is 23.0. The van der Waals surface area contributed by atoms with Crippen LogP contribution in [0.4, 0.5) is 4.79 Å². The summed E-state index contributed by atoms with van der Waals surface area (Å²) in [5.74, 6) is -0.895. The van der Waals surface area contributed by atoms with Gasteiger partial charge in [0, 0.05) is 25.4 Å². The van der Waals surface area contributed by atoms with Crippen molar-refractivity contribution in [1.29, 1.82) is 0 Å². The summed E-state index contributed by atoms with van der Waals surface area (Å²) in [7, 11) is 0. The van der Waals surface area contributed by atoms with Gasteiger partial charge in [-0.2, -0.15) is 0 Å². The zero-order valence-electron chi connectivity index (χ0n) is 16.1. The van der Waals surface area contributed by atoms with Crippen LogP contribution in [0.1, 0.15) is 24.0 Å². The van der Waals surface area contributed by atoms with Crippen molar-refractivity contribution < 1.29 is 23.9 Å². The molecule has 2 aromatic rings. The van der Waals surface area contributed by atoms with E-state index in [1.807, 2.05) is 60.7 Å². The molecule has 1 heterocycles. The number of amides is 1. The molecule has 29 heavy (non-hydrogen) atoms. The Balaban J connectivity index is 1.42. The van der Waals surface area contributed by atoms with E-state index in [9.17, 15) is 14.4 Å². The van der Waals surface area contributed by atoms with Crippen LogP contribution in [-0.4, -0.2) is 35.8 Å². The molecule has 1 saturated heterocycles. The number of fused-ring (bicyclic) bond motifs is 1. The summed E-state index contributed by atoms with van der Waals surface area (Å²) in [6, 6.07) is 18.7. The van der Waals surface area contributed by atoms with Gasteiger partial charge in [-0.3, -0.25) is 9.59 Å². The first kappa shape index (κ1) is 19.2. The average molecular weight is 393 g/mol. The highest BCUT2D eigenvalue weighted by Crippen LogP contribution is 2.47. The van der Waals surface area contributed by atoms with E-state index in [4.69, 9.17) is 9.47 Å². The van der Waals surface area contributed by atoms with Gasteiger partial charge in [-0.1, -0.05) is 60.7 Å². The summed E-state index contributed by atoms with van der Waals surface area (Å²) in [5, 5.41) is 0. The van der Waals surface area contributed by atoms with Crippen LogP contribution in [-0.2, 0) is 32.3 Å². The SMILES string of the molecule is O=C(OCc1ccccc1)N1CC2CCC(=O)C2(C(=O)OCc2ccccc2)C1. The van der Waals surface area contributed by atoms with Gasteiger partial charge in [0.2, 0.25) is 0 Å². The molecule has 1 amide bonds. The predicted molar refractivity (Wildman–Crippen MR) is 105 cm³/mol. The second kappa shape index (κ2) is 8.07. The first-order chi connectivity index (χ1) is 14.1. The molecule has 0 aromatic heterocycles. The Labute approximate surface area is 169 Å². The third-order valence-corrected chi connectivity index (χ3v) is 5.84. The Morgan fingerprint density at radius 2 is 1.52 bits per heavy atom. The fraction of sp³-hybridized carbons (Fsp3) is 0.348. The second-order valence-corrected chi connectivity index (χ2v) is 7.61. The molecule has 0 N–H and O–H groups in total. The van der Waals surface area contributed by atoms with E-state index in [-0.39, 0.29) is 31.5 Å². The molecule has 2 aliphatic rings. The minimum Gasteiger partial charge on any atom is -0.460 e. The highest BCUT2D eigenvalue weighted by atomic mass is 16.6. The number of ether oxygens (including phenoxy) is 2. The summed E-state index contributed by atoms with van der Waals surface area (Å²) in [5.41, 5.74) is 0.477. The molecule has 2 fully saturated rings. The van der Waals surface area contributed by atoms with Crippen LogP contribution in [0.5, 0.6) is 0 Å². The first-order valence-electron chi connectivity index (χ1n) is 9.79. The molecular formula is C23H23NO5. The monoisotopic (exact) mass is 393 g/mol. The standard InChI is InChI=1S/C23H23NO5/c25-20-12-11-19-13-24(22(27)29-15-18-9-5-2-6-10-18)16-23(19,20)21(26)28-14-17-7-3-1-4-8-17/h1-10,19H,11-16H2. The van der Waals surface area contributed by atoms with E-state index >= 15 is 0 Å². The number of likely N-dealkylation sites (tertiary alicyclic amines) is 1. The van der Waals surface area contributed by atoms with Crippen LogP contribution in [0.3, 0.4) is 0 Å². The van der Waals surface area contributed by atoms with Gasteiger partial charge in [0.1, 0.15) is 18.6 Å². The largest absolute Gasteiger partial charge is 0.460 e. The lowest BCUT2D eigenvalue weighted by molar-refractivity contribution is -0.161. The molecule has 1 aliphatic heterocycles. The number of carbonyl (C=O) groups is 3. The van der Waals surface area contributed by atoms with Crippen molar-refractivity contribution in [2.75, 3.05) is 13.1 Å². The number of Topliss-reactive ketones (excluding diaryl/α,β-unsaturated/α-hetero) is 1. The molecule has 6 nitrogen and oxygen atoms in total. The van der Waals surface area contributed by atoms with Crippen molar-refractivity contribution in [3.05, 3.63) is 71.8 Å². The third kappa shape index (κ3) is 3.75. The van der Waals surface area contributed by atoms with Crippen molar-refractivity contribution in [1.82, 2.24) is 4.90 Å². The lowest BCUT2D eigenvalue weighted by atomic mass is 9.80. The lowest BCUT2D eigenvalue weighted by Gasteiger charge is -2.24. The average Bonchev–Trinajstić information content (AvgIpc) is 3.30. The van der Waals surface area contributed by atoms with Crippen molar-refractivity contribution >= 4 is 17.8 Å². The number of hydrogen-bond acceptors (Lipinski definition) is 5. The number of rotatable bonds is 5. The topological polar surface area (TPSA) is 72.9 Å². The van der Waals surface area contributed by atoms with Crippen LogP contribution < -0.4 is 0 Å². The summed E-state index contributed by atoms with van der Waals surface area (Å²) in [6.45, 7) is 0.623. The van der Waals surface area contributed by atoms with Gasteiger partial charge in [0.05, 0.1) is 0 Å². The van der Waals surface area contributed by atoms with E-state index in [0.29, 0.717) is 19.4 Å². The maximum absolute atomic E-state index is 13.0. The number of carbonyl (C=O) groups excluding carboxylic acids is 3. The van der Waals surface area contributed by atoms with Gasteiger partial charge in [0.25, 0.3) is 0 Å². The molecule has 2 unspecified atom stereocenters. The predicted octanol–water partition coefficient (Wildman–Crippen LogP) is 3.35. The number of esters is 1. The van der Waals surface area contributed by atoms with Crippen LogP contribution in [0, 0.1) is 11.3 Å². The fourth-order valence-electron chi connectivity index (χ4n) is 4.25. The Morgan fingerprint density at radius 1 is 0.931 bits per heavy atom. The molecule has 0 radical (unpaired) electrons. The molecule has 4 rings (SSSR count). The number of benzene rings is 2. The molecule has 1 aliphatic carbocycles. The number of hydrogen-bond donors (Lipinski definition) is 0. The van der Waals surface area contributed by atoms with Crippen LogP contribution in [0.15, 0.2) is 60.7 Å². The quantitative estimate of drug-likeness (QED) is 0.575. The highest BCUT2D eigenvalue weighted by molar-refractivity contribution is 6.07. The Morgan fingerprint density at radius 3 is 2.14 bits per heavy atom. The summed E-state index contributed by atoms with van der Waals surface area (Å²) < 4.78 is 10.9. The van der Waals surface area contributed by atoms with Gasteiger partial charge < -0.3 is 14.4 Å². The maximum Gasteiger partial charge on any atom is 0.410 e. The third-order valence-electron chi connectivity index (χ3n) is 5.84. The lowest BCUT2D eigenvalue weighted by Crippen LogP contribution is -2.44. The molecule has 0 bridgehead atoms. The van der Waals surface area contributed by atoms with E-state index in [1.54, 1.807) is 0 Å². The zero-order valence-corrected chi connectivity index (χ0v) is 16.1.